The van der Waals surface area contributed by atoms with E-state index < -0.39 is 0 Å². The van der Waals surface area contributed by atoms with Crippen molar-refractivity contribution in [2.75, 3.05) is 6.54 Å². The predicted molar refractivity (Wildman–Crippen MR) is 50.1 cm³/mol. The van der Waals surface area contributed by atoms with E-state index in [9.17, 15) is 0 Å². The van der Waals surface area contributed by atoms with E-state index in [1.165, 1.54) is 18.5 Å². The lowest BCUT2D eigenvalue weighted by Gasteiger charge is -2.03. The largest absolute Gasteiger partial charge is 0.330 e. The second-order valence-corrected chi connectivity index (χ2v) is 3.74. The maximum Gasteiger partial charge on any atom is 0.0725 e. The number of aryl methyl sites for hydroxylation is 1. The minimum atomic E-state index is 0.745. The van der Waals surface area contributed by atoms with Crippen molar-refractivity contribution in [2.45, 2.75) is 32.2 Å². The van der Waals surface area contributed by atoms with Gasteiger partial charge in [0.25, 0.3) is 0 Å². The molecule has 13 heavy (non-hydrogen) atoms. The summed E-state index contributed by atoms with van der Waals surface area (Å²) in [6.45, 7) is 1.80. The van der Waals surface area contributed by atoms with Crippen molar-refractivity contribution in [2.24, 2.45) is 11.7 Å². The third-order valence-corrected chi connectivity index (χ3v) is 2.46. The lowest BCUT2D eigenvalue weighted by atomic mass is 10.2. The highest BCUT2D eigenvalue weighted by Gasteiger charge is 2.22. The van der Waals surface area contributed by atoms with E-state index in [1.807, 2.05) is 10.9 Å². The number of nitrogens with zero attached hydrogens (tertiary/aromatic N) is 3. The summed E-state index contributed by atoms with van der Waals surface area (Å²) < 4.78 is 2.04. The first-order valence-electron chi connectivity index (χ1n) is 4.97. The van der Waals surface area contributed by atoms with Crippen LogP contribution in [0.2, 0.25) is 0 Å². The summed E-state index contributed by atoms with van der Waals surface area (Å²) in [5, 5.41) is 8.00. The molecule has 0 aromatic carbocycles. The summed E-state index contributed by atoms with van der Waals surface area (Å²) in [6, 6.07) is 0. The molecular weight excluding hydrogens is 164 g/mol. The highest BCUT2D eigenvalue weighted by atomic mass is 15.4. The van der Waals surface area contributed by atoms with Crippen molar-refractivity contribution in [3.63, 3.8) is 0 Å². The van der Waals surface area contributed by atoms with Crippen LogP contribution < -0.4 is 5.73 Å². The number of rotatable bonds is 5. The molecular formula is C9H16N4. The molecule has 0 aliphatic heterocycles. The average molecular weight is 180 g/mol. The molecule has 1 aliphatic rings. The van der Waals surface area contributed by atoms with E-state index in [0.717, 1.165) is 31.8 Å². The summed E-state index contributed by atoms with van der Waals surface area (Å²) in [5.74, 6) is 0.860. The molecule has 4 heteroatoms. The van der Waals surface area contributed by atoms with E-state index in [1.54, 1.807) is 0 Å². The van der Waals surface area contributed by atoms with Gasteiger partial charge in [-0.2, -0.15) is 0 Å². The first-order chi connectivity index (χ1) is 6.40. The molecule has 1 aliphatic carbocycles. The van der Waals surface area contributed by atoms with Crippen LogP contribution in [0, 0.1) is 5.92 Å². The van der Waals surface area contributed by atoms with E-state index in [2.05, 4.69) is 10.3 Å². The Morgan fingerprint density at radius 1 is 1.54 bits per heavy atom. The molecule has 2 rings (SSSR count). The van der Waals surface area contributed by atoms with Crippen molar-refractivity contribution in [1.82, 2.24) is 15.0 Å². The van der Waals surface area contributed by atoms with Crippen LogP contribution in [0.1, 0.15) is 25.0 Å². The van der Waals surface area contributed by atoms with Crippen molar-refractivity contribution < 1.29 is 0 Å². The zero-order chi connectivity index (χ0) is 9.10. The smallest absolute Gasteiger partial charge is 0.0725 e. The van der Waals surface area contributed by atoms with Crippen molar-refractivity contribution in [3.05, 3.63) is 11.9 Å². The van der Waals surface area contributed by atoms with Gasteiger partial charge in [0.2, 0.25) is 0 Å². The normalized spacial score (nSPS) is 16.4. The first-order valence-corrected chi connectivity index (χ1v) is 4.97. The van der Waals surface area contributed by atoms with Crippen molar-refractivity contribution in [3.8, 4) is 0 Å². The van der Waals surface area contributed by atoms with Gasteiger partial charge in [0.1, 0.15) is 0 Å². The van der Waals surface area contributed by atoms with Crippen LogP contribution in [0.3, 0.4) is 0 Å². The number of nitrogens with two attached hydrogens (primary N) is 1. The fourth-order valence-electron chi connectivity index (χ4n) is 1.45. The van der Waals surface area contributed by atoms with E-state index in [0.29, 0.717) is 0 Å². The van der Waals surface area contributed by atoms with Crippen LogP contribution >= 0.6 is 0 Å². The molecule has 0 amide bonds. The number of hydrogen-bond donors (Lipinski definition) is 1. The standard InChI is InChI=1S/C9H16N4/c10-5-1-2-9-6-11-12-13(9)7-8-3-4-8/h6,8H,1-5,7,10H2. The Labute approximate surface area is 78.1 Å². The fraction of sp³-hybridized carbons (Fsp3) is 0.778. The average Bonchev–Trinajstić information content (AvgIpc) is 2.82. The molecule has 1 aromatic heterocycles. The third kappa shape index (κ3) is 2.28. The maximum absolute atomic E-state index is 5.46. The van der Waals surface area contributed by atoms with Crippen LogP contribution in [0.25, 0.3) is 0 Å². The molecule has 1 saturated carbocycles. The Kier molecular flexibility index (Phi) is 2.59. The number of hydrogen-bond acceptors (Lipinski definition) is 3. The Morgan fingerprint density at radius 3 is 3.08 bits per heavy atom. The highest BCUT2D eigenvalue weighted by Crippen LogP contribution is 2.30. The zero-order valence-electron chi connectivity index (χ0n) is 7.82. The Hall–Kier alpha value is -0.900. The van der Waals surface area contributed by atoms with Crippen LogP contribution in [0.15, 0.2) is 6.20 Å². The third-order valence-electron chi connectivity index (χ3n) is 2.46. The van der Waals surface area contributed by atoms with Crippen LogP contribution in [0.4, 0.5) is 0 Å². The Morgan fingerprint density at radius 2 is 2.38 bits per heavy atom. The van der Waals surface area contributed by atoms with Gasteiger partial charge in [0.05, 0.1) is 11.9 Å². The van der Waals surface area contributed by atoms with Gasteiger partial charge in [-0.05, 0) is 38.1 Å². The zero-order valence-corrected chi connectivity index (χ0v) is 7.82. The quantitative estimate of drug-likeness (QED) is 0.721. The first kappa shape index (κ1) is 8.69. The molecule has 0 bridgehead atoms. The molecule has 0 saturated heterocycles. The minimum Gasteiger partial charge on any atom is -0.330 e. The summed E-state index contributed by atoms with van der Waals surface area (Å²) in [6.07, 6.45) is 6.61. The molecule has 2 N–H and O–H groups in total. The predicted octanol–water partition coefficient (Wildman–Crippen LogP) is 0.579. The summed E-state index contributed by atoms with van der Waals surface area (Å²) in [7, 11) is 0. The van der Waals surface area contributed by atoms with Gasteiger partial charge in [-0.3, -0.25) is 0 Å². The number of aromatic nitrogens is 3. The Balaban J connectivity index is 1.93. The molecule has 4 nitrogen and oxygen atoms in total. The van der Waals surface area contributed by atoms with Crippen molar-refractivity contribution >= 4 is 0 Å². The van der Waals surface area contributed by atoms with Gasteiger partial charge >= 0.3 is 0 Å². The molecule has 0 unspecified atom stereocenters. The van der Waals surface area contributed by atoms with Crippen LogP contribution in [0.5, 0.6) is 0 Å². The maximum atomic E-state index is 5.46. The SMILES string of the molecule is NCCCc1cnnn1CC1CC1. The minimum absolute atomic E-state index is 0.745. The molecule has 1 aromatic rings. The molecule has 0 radical (unpaired) electrons. The molecule has 1 fully saturated rings. The van der Waals surface area contributed by atoms with Crippen LogP contribution in [-0.2, 0) is 13.0 Å². The summed E-state index contributed by atoms with van der Waals surface area (Å²) >= 11 is 0. The van der Waals surface area contributed by atoms with E-state index in [-0.39, 0.29) is 0 Å². The molecule has 1 heterocycles. The highest BCUT2D eigenvalue weighted by molar-refractivity contribution is 4.95. The van der Waals surface area contributed by atoms with Crippen molar-refractivity contribution in [1.29, 1.82) is 0 Å². The molecule has 0 spiro atoms. The van der Waals surface area contributed by atoms with E-state index in [4.69, 9.17) is 5.73 Å². The second kappa shape index (κ2) is 3.87. The lowest BCUT2D eigenvalue weighted by Crippen LogP contribution is -2.08. The summed E-state index contributed by atoms with van der Waals surface area (Å²) in [4.78, 5) is 0. The van der Waals surface area contributed by atoms with Gasteiger partial charge in [0.15, 0.2) is 0 Å². The van der Waals surface area contributed by atoms with Crippen LogP contribution in [-0.4, -0.2) is 21.5 Å². The van der Waals surface area contributed by atoms with Gasteiger partial charge in [-0.25, -0.2) is 4.68 Å². The van der Waals surface area contributed by atoms with E-state index >= 15 is 0 Å². The van der Waals surface area contributed by atoms with Gasteiger partial charge in [-0.15, -0.1) is 5.10 Å². The molecule has 0 atom stereocenters. The topological polar surface area (TPSA) is 56.7 Å². The van der Waals surface area contributed by atoms with Gasteiger partial charge in [0, 0.05) is 6.54 Å². The van der Waals surface area contributed by atoms with Gasteiger partial charge < -0.3 is 5.73 Å². The van der Waals surface area contributed by atoms with Gasteiger partial charge in [-0.1, -0.05) is 5.21 Å². The monoisotopic (exact) mass is 180 g/mol. The molecule has 72 valence electrons. The Bertz CT molecular complexity index is 264. The summed E-state index contributed by atoms with van der Waals surface area (Å²) in [5.41, 5.74) is 6.69. The lowest BCUT2D eigenvalue weighted by molar-refractivity contribution is 0.520. The second-order valence-electron chi connectivity index (χ2n) is 3.74. The fourth-order valence-corrected chi connectivity index (χ4v) is 1.45.